The molecule has 1 amide bonds. The fraction of sp³-hybridized carbons (Fsp3) is 0.750. The second kappa shape index (κ2) is 11.5. The summed E-state index contributed by atoms with van der Waals surface area (Å²) in [6.07, 6.45) is 11.5. The van der Waals surface area contributed by atoms with Crippen LogP contribution in [0.1, 0.15) is 65.7 Å². The Morgan fingerprint density at radius 2 is 1.70 bits per heavy atom. The predicted octanol–water partition coefficient (Wildman–Crippen LogP) is 3.52. The highest BCUT2D eigenvalue weighted by Crippen LogP contribution is 2.07. The largest absolute Gasteiger partial charge is 0.480 e. The van der Waals surface area contributed by atoms with Crippen molar-refractivity contribution in [2.45, 2.75) is 71.8 Å². The molecule has 1 atom stereocenters. The Bertz CT molecular complexity index is 311. The molecular formula is C16H29NO3. The fourth-order valence-corrected chi connectivity index (χ4v) is 1.95. The molecule has 0 aromatic heterocycles. The summed E-state index contributed by atoms with van der Waals surface area (Å²) < 4.78 is 0. The summed E-state index contributed by atoms with van der Waals surface area (Å²) in [7, 11) is 0. The molecule has 20 heavy (non-hydrogen) atoms. The maximum Gasteiger partial charge on any atom is 0.326 e. The molecule has 116 valence electrons. The zero-order valence-electron chi connectivity index (χ0n) is 13.0. The van der Waals surface area contributed by atoms with Crippen LogP contribution in [0.5, 0.6) is 0 Å². The fourth-order valence-electron chi connectivity index (χ4n) is 1.95. The lowest BCUT2D eigenvalue weighted by atomic mass is 10.0. The van der Waals surface area contributed by atoms with Crippen molar-refractivity contribution in [1.82, 2.24) is 5.32 Å². The van der Waals surface area contributed by atoms with E-state index in [9.17, 15) is 9.59 Å². The van der Waals surface area contributed by atoms with E-state index in [2.05, 4.69) is 12.2 Å². The molecule has 0 aliphatic rings. The molecule has 2 N–H and O–H groups in total. The molecule has 4 heteroatoms. The SMILES string of the molecule is CCCCCCCC/C=C/C(=O)NC(C(=O)O)C(C)C. The number of aliphatic carboxylic acids is 1. The van der Waals surface area contributed by atoms with E-state index >= 15 is 0 Å². The smallest absolute Gasteiger partial charge is 0.326 e. The lowest BCUT2D eigenvalue weighted by molar-refractivity contribution is -0.142. The van der Waals surface area contributed by atoms with Gasteiger partial charge in [0.1, 0.15) is 6.04 Å². The number of nitrogens with one attached hydrogen (secondary N) is 1. The van der Waals surface area contributed by atoms with Crippen LogP contribution < -0.4 is 5.32 Å². The Labute approximate surface area is 122 Å². The quantitative estimate of drug-likeness (QED) is 0.450. The maximum atomic E-state index is 11.6. The van der Waals surface area contributed by atoms with Gasteiger partial charge in [0.05, 0.1) is 0 Å². The van der Waals surface area contributed by atoms with Gasteiger partial charge in [0.15, 0.2) is 0 Å². The molecule has 0 saturated heterocycles. The van der Waals surface area contributed by atoms with Crippen molar-refractivity contribution >= 4 is 11.9 Å². The Hall–Kier alpha value is -1.32. The average Bonchev–Trinajstić information content (AvgIpc) is 2.38. The molecule has 1 unspecified atom stereocenters. The van der Waals surface area contributed by atoms with Gasteiger partial charge >= 0.3 is 5.97 Å². The van der Waals surface area contributed by atoms with Crippen LogP contribution in [-0.4, -0.2) is 23.0 Å². The van der Waals surface area contributed by atoms with Gasteiger partial charge in [-0.25, -0.2) is 4.79 Å². The Balaban J connectivity index is 3.79. The number of hydrogen-bond acceptors (Lipinski definition) is 2. The van der Waals surface area contributed by atoms with E-state index in [1.807, 2.05) is 6.08 Å². The topological polar surface area (TPSA) is 66.4 Å². The van der Waals surface area contributed by atoms with Crippen LogP contribution in [0.25, 0.3) is 0 Å². The molecule has 0 radical (unpaired) electrons. The van der Waals surface area contributed by atoms with Crippen molar-refractivity contribution in [3.05, 3.63) is 12.2 Å². The van der Waals surface area contributed by atoms with Gasteiger partial charge in [-0.3, -0.25) is 4.79 Å². The average molecular weight is 283 g/mol. The molecule has 0 aromatic carbocycles. The minimum atomic E-state index is -0.988. The van der Waals surface area contributed by atoms with E-state index in [1.54, 1.807) is 13.8 Å². The van der Waals surface area contributed by atoms with Gasteiger partial charge in [-0.05, 0) is 24.8 Å². The molecule has 0 bridgehead atoms. The summed E-state index contributed by atoms with van der Waals surface area (Å²) in [5.41, 5.74) is 0. The van der Waals surface area contributed by atoms with E-state index in [0.29, 0.717) is 0 Å². The first-order chi connectivity index (χ1) is 9.49. The molecule has 0 rings (SSSR count). The maximum absolute atomic E-state index is 11.6. The number of rotatable bonds is 11. The first kappa shape index (κ1) is 18.7. The third-order valence-corrected chi connectivity index (χ3v) is 3.22. The molecular weight excluding hydrogens is 254 g/mol. The number of carbonyl (C=O) groups excluding carboxylic acids is 1. The highest BCUT2D eigenvalue weighted by atomic mass is 16.4. The summed E-state index contributed by atoms with van der Waals surface area (Å²) in [6, 6.07) is -0.818. The van der Waals surface area contributed by atoms with Crippen molar-refractivity contribution in [1.29, 1.82) is 0 Å². The van der Waals surface area contributed by atoms with Gasteiger partial charge in [-0.2, -0.15) is 0 Å². The third kappa shape index (κ3) is 9.59. The number of allylic oxidation sites excluding steroid dienone is 1. The molecule has 0 aromatic rings. The van der Waals surface area contributed by atoms with Crippen LogP contribution >= 0.6 is 0 Å². The highest BCUT2D eigenvalue weighted by molar-refractivity contribution is 5.91. The van der Waals surface area contributed by atoms with E-state index in [4.69, 9.17) is 5.11 Å². The molecule has 0 heterocycles. The van der Waals surface area contributed by atoms with Crippen molar-refractivity contribution in [2.24, 2.45) is 5.92 Å². The third-order valence-electron chi connectivity index (χ3n) is 3.22. The molecule has 0 spiro atoms. The summed E-state index contributed by atoms with van der Waals surface area (Å²) in [5.74, 6) is -1.43. The van der Waals surface area contributed by atoms with Crippen LogP contribution in [0.4, 0.5) is 0 Å². The number of amides is 1. The van der Waals surface area contributed by atoms with Crippen molar-refractivity contribution in [3.8, 4) is 0 Å². The molecule has 0 saturated carbocycles. The summed E-state index contributed by atoms with van der Waals surface area (Å²) >= 11 is 0. The van der Waals surface area contributed by atoms with Crippen molar-refractivity contribution < 1.29 is 14.7 Å². The molecule has 0 aliphatic carbocycles. The summed E-state index contributed by atoms with van der Waals surface area (Å²) in [6.45, 7) is 5.75. The second-order valence-corrected chi connectivity index (χ2v) is 5.53. The van der Waals surface area contributed by atoms with Crippen LogP contribution in [0.2, 0.25) is 0 Å². The van der Waals surface area contributed by atoms with Gasteiger partial charge in [-0.15, -0.1) is 0 Å². The second-order valence-electron chi connectivity index (χ2n) is 5.53. The van der Waals surface area contributed by atoms with Crippen molar-refractivity contribution in [3.63, 3.8) is 0 Å². The highest BCUT2D eigenvalue weighted by Gasteiger charge is 2.22. The molecule has 0 fully saturated rings. The molecule has 4 nitrogen and oxygen atoms in total. The minimum Gasteiger partial charge on any atom is -0.480 e. The lowest BCUT2D eigenvalue weighted by Gasteiger charge is -2.16. The van der Waals surface area contributed by atoms with E-state index in [0.717, 1.165) is 12.8 Å². The van der Waals surface area contributed by atoms with Crippen LogP contribution in [-0.2, 0) is 9.59 Å². The normalized spacial score (nSPS) is 12.8. The van der Waals surface area contributed by atoms with Crippen LogP contribution in [0, 0.1) is 5.92 Å². The Kier molecular flexibility index (Phi) is 10.7. The Morgan fingerprint density at radius 3 is 2.25 bits per heavy atom. The minimum absolute atomic E-state index is 0.122. The summed E-state index contributed by atoms with van der Waals surface area (Å²) in [4.78, 5) is 22.5. The zero-order chi connectivity index (χ0) is 15.4. The van der Waals surface area contributed by atoms with Gasteiger partial charge in [0.25, 0.3) is 0 Å². The van der Waals surface area contributed by atoms with Gasteiger partial charge in [-0.1, -0.05) is 59.0 Å². The van der Waals surface area contributed by atoms with Crippen LogP contribution in [0.15, 0.2) is 12.2 Å². The standard InChI is InChI=1S/C16H29NO3/c1-4-5-6-7-8-9-10-11-12-14(18)17-15(13(2)3)16(19)20/h11-13,15H,4-10H2,1-3H3,(H,17,18)(H,19,20)/b12-11+. The van der Waals surface area contributed by atoms with Crippen LogP contribution in [0.3, 0.4) is 0 Å². The number of hydrogen-bond donors (Lipinski definition) is 2. The predicted molar refractivity (Wildman–Crippen MR) is 81.5 cm³/mol. The first-order valence-corrected chi connectivity index (χ1v) is 7.68. The first-order valence-electron chi connectivity index (χ1n) is 7.68. The van der Waals surface area contributed by atoms with Gasteiger partial charge in [0.2, 0.25) is 5.91 Å². The number of unbranched alkanes of at least 4 members (excludes halogenated alkanes) is 6. The van der Waals surface area contributed by atoms with E-state index in [-0.39, 0.29) is 11.8 Å². The number of carboxylic acids is 1. The van der Waals surface area contributed by atoms with Gasteiger partial charge < -0.3 is 10.4 Å². The summed E-state index contributed by atoms with van der Waals surface area (Å²) in [5, 5.41) is 11.5. The molecule has 0 aliphatic heterocycles. The van der Waals surface area contributed by atoms with Crippen molar-refractivity contribution in [2.75, 3.05) is 0 Å². The Morgan fingerprint density at radius 1 is 1.10 bits per heavy atom. The number of carbonyl (C=O) groups is 2. The number of carboxylic acid groups (broad SMARTS) is 1. The monoisotopic (exact) mass is 283 g/mol. The van der Waals surface area contributed by atoms with Gasteiger partial charge in [0, 0.05) is 0 Å². The lowest BCUT2D eigenvalue weighted by Crippen LogP contribution is -2.43. The zero-order valence-corrected chi connectivity index (χ0v) is 13.0. The van der Waals surface area contributed by atoms with E-state index < -0.39 is 12.0 Å². The van der Waals surface area contributed by atoms with E-state index in [1.165, 1.54) is 38.2 Å².